The van der Waals surface area contributed by atoms with Gasteiger partial charge < -0.3 is 9.64 Å². The van der Waals surface area contributed by atoms with Crippen LogP contribution in [-0.2, 0) is 0 Å². The molecule has 1 aliphatic heterocycles. The second-order valence-electron chi connectivity index (χ2n) is 5.29. The van der Waals surface area contributed by atoms with E-state index in [1.807, 2.05) is 24.3 Å². The van der Waals surface area contributed by atoms with Gasteiger partial charge in [0.25, 0.3) is 0 Å². The number of ether oxygens (including phenoxy) is 1. The van der Waals surface area contributed by atoms with Gasteiger partial charge in [-0.1, -0.05) is 15.9 Å². The van der Waals surface area contributed by atoms with E-state index in [-0.39, 0.29) is 0 Å². The van der Waals surface area contributed by atoms with E-state index in [4.69, 9.17) is 4.74 Å². The number of nitrogens with zero attached hydrogens (tertiary/aromatic N) is 1. The largest absolute Gasteiger partial charge is 0.457 e. The highest BCUT2D eigenvalue weighted by molar-refractivity contribution is 9.10. The van der Waals surface area contributed by atoms with Crippen LogP contribution in [0.5, 0.6) is 11.5 Å². The lowest BCUT2D eigenvalue weighted by atomic mass is 10.2. The Kier molecular flexibility index (Phi) is 3.57. The fourth-order valence-corrected chi connectivity index (χ4v) is 3.58. The molecule has 21 heavy (non-hydrogen) atoms. The van der Waals surface area contributed by atoms with Gasteiger partial charge in [-0.3, -0.25) is 0 Å². The molecule has 5 heteroatoms. The third-order valence-corrected chi connectivity index (χ3v) is 5.04. The summed E-state index contributed by atoms with van der Waals surface area (Å²) in [7, 11) is 0. The molecule has 2 aliphatic rings. The zero-order valence-corrected chi connectivity index (χ0v) is 13.8. The molecule has 1 saturated carbocycles. The van der Waals surface area contributed by atoms with Gasteiger partial charge in [0.15, 0.2) is 0 Å². The lowest BCUT2D eigenvalue weighted by Crippen LogP contribution is -2.36. The molecule has 108 valence electrons. The number of anilines is 1. The minimum atomic E-state index is 0.718. The Morgan fingerprint density at radius 1 is 1.10 bits per heavy atom. The first-order valence-corrected chi connectivity index (χ1v) is 8.64. The number of hydrogen-bond donors (Lipinski definition) is 1. The standard InChI is InChI=1S/C16H15BrN2OS/c17-11-1-5-13(6-2-11)20-14-7-8-15-16(9-14)21-18-10-19(15)12-3-4-12/h1-2,5-9,12,18H,3-4,10H2. The van der Waals surface area contributed by atoms with Crippen LogP contribution in [0.15, 0.2) is 51.8 Å². The van der Waals surface area contributed by atoms with Crippen LogP contribution >= 0.6 is 27.9 Å². The fourth-order valence-electron chi connectivity index (χ4n) is 2.49. The second kappa shape index (κ2) is 5.55. The second-order valence-corrected chi connectivity index (χ2v) is 7.14. The van der Waals surface area contributed by atoms with E-state index in [1.165, 1.54) is 23.4 Å². The number of rotatable bonds is 3. The summed E-state index contributed by atoms with van der Waals surface area (Å²) in [4.78, 5) is 3.69. The number of halogens is 1. The van der Waals surface area contributed by atoms with Crippen molar-refractivity contribution in [2.24, 2.45) is 0 Å². The van der Waals surface area contributed by atoms with Crippen molar-refractivity contribution in [1.82, 2.24) is 4.72 Å². The zero-order valence-electron chi connectivity index (χ0n) is 11.4. The minimum Gasteiger partial charge on any atom is -0.457 e. The van der Waals surface area contributed by atoms with Crippen molar-refractivity contribution in [2.45, 2.75) is 23.8 Å². The van der Waals surface area contributed by atoms with Crippen molar-refractivity contribution in [1.29, 1.82) is 0 Å². The third kappa shape index (κ3) is 2.91. The van der Waals surface area contributed by atoms with Crippen LogP contribution < -0.4 is 14.4 Å². The molecule has 0 spiro atoms. The van der Waals surface area contributed by atoms with E-state index >= 15 is 0 Å². The first kappa shape index (κ1) is 13.5. The SMILES string of the molecule is Brc1ccc(Oc2ccc3c(c2)SNCN3C2CC2)cc1. The normalized spacial score (nSPS) is 17.5. The molecule has 0 aromatic heterocycles. The molecule has 0 unspecified atom stereocenters. The van der Waals surface area contributed by atoms with Crippen LogP contribution in [0.25, 0.3) is 0 Å². The molecule has 1 heterocycles. The van der Waals surface area contributed by atoms with E-state index in [0.717, 1.165) is 28.7 Å². The minimum absolute atomic E-state index is 0.718. The number of hydrogen-bond acceptors (Lipinski definition) is 4. The van der Waals surface area contributed by atoms with Crippen LogP contribution in [-0.4, -0.2) is 12.7 Å². The fraction of sp³-hybridized carbons (Fsp3) is 0.250. The monoisotopic (exact) mass is 362 g/mol. The smallest absolute Gasteiger partial charge is 0.128 e. The molecule has 0 atom stereocenters. The molecule has 0 amide bonds. The van der Waals surface area contributed by atoms with Crippen molar-refractivity contribution in [2.75, 3.05) is 11.6 Å². The van der Waals surface area contributed by atoms with Gasteiger partial charge in [0.1, 0.15) is 11.5 Å². The van der Waals surface area contributed by atoms with Gasteiger partial charge in [0.05, 0.1) is 12.4 Å². The van der Waals surface area contributed by atoms with Gasteiger partial charge in [-0.15, -0.1) is 0 Å². The third-order valence-electron chi connectivity index (χ3n) is 3.69. The van der Waals surface area contributed by atoms with Crippen molar-refractivity contribution < 1.29 is 4.74 Å². The Balaban J connectivity index is 1.58. The predicted octanol–water partition coefficient (Wildman–Crippen LogP) is 4.78. The average molecular weight is 363 g/mol. The topological polar surface area (TPSA) is 24.5 Å². The van der Waals surface area contributed by atoms with E-state index in [0.29, 0.717) is 0 Å². The molecule has 2 aromatic carbocycles. The molecule has 1 fully saturated rings. The van der Waals surface area contributed by atoms with Crippen LogP contribution in [0, 0.1) is 0 Å². The molecular weight excluding hydrogens is 348 g/mol. The van der Waals surface area contributed by atoms with E-state index in [9.17, 15) is 0 Å². The average Bonchev–Trinajstić information content (AvgIpc) is 3.33. The molecular formula is C16H15BrN2OS. The Morgan fingerprint density at radius 3 is 2.62 bits per heavy atom. The first-order chi connectivity index (χ1) is 10.3. The number of nitrogens with one attached hydrogen (secondary N) is 1. The first-order valence-electron chi connectivity index (χ1n) is 7.03. The summed E-state index contributed by atoms with van der Waals surface area (Å²) >= 11 is 5.12. The summed E-state index contributed by atoms with van der Waals surface area (Å²) in [5.41, 5.74) is 1.32. The maximum Gasteiger partial charge on any atom is 0.128 e. The molecule has 0 bridgehead atoms. The van der Waals surface area contributed by atoms with Gasteiger partial charge in [0, 0.05) is 15.4 Å². The Bertz CT molecular complexity index is 658. The van der Waals surface area contributed by atoms with Crippen molar-refractivity contribution >= 4 is 33.6 Å². The van der Waals surface area contributed by atoms with Crippen molar-refractivity contribution in [3.63, 3.8) is 0 Å². The molecule has 0 saturated heterocycles. The Labute approximate surface area is 136 Å². The highest BCUT2D eigenvalue weighted by atomic mass is 79.9. The van der Waals surface area contributed by atoms with Crippen LogP contribution in [0.2, 0.25) is 0 Å². The molecule has 3 nitrogen and oxygen atoms in total. The highest BCUT2D eigenvalue weighted by Gasteiger charge is 2.32. The van der Waals surface area contributed by atoms with Gasteiger partial charge in [-0.05, 0) is 67.3 Å². The van der Waals surface area contributed by atoms with Gasteiger partial charge in [0.2, 0.25) is 0 Å². The van der Waals surface area contributed by atoms with E-state index in [1.54, 1.807) is 11.9 Å². The number of fused-ring (bicyclic) bond motifs is 1. The molecule has 1 aliphatic carbocycles. The lowest BCUT2D eigenvalue weighted by molar-refractivity contribution is 0.481. The summed E-state index contributed by atoms with van der Waals surface area (Å²) in [6, 6.07) is 15.0. The maximum atomic E-state index is 5.93. The molecule has 2 aromatic rings. The van der Waals surface area contributed by atoms with E-state index < -0.39 is 0 Å². The van der Waals surface area contributed by atoms with Crippen molar-refractivity contribution in [3.8, 4) is 11.5 Å². The van der Waals surface area contributed by atoms with E-state index in [2.05, 4.69) is 43.8 Å². The lowest BCUT2D eigenvalue weighted by Gasteiger charge is -2.31. The van der Waals surface area contributed by atoms with Crippen LogP contribution in [0.4, 0.5) is 5.69 Å². The summed E-state index contributed by atoms with van der Waals surface area (Å²) in [5.74, 6) is 1.73. The van der Waals surface area contributed by atoms with Crippen molar-refractivity contribution in [3.05, 3.63) is 46.9 Å². The highest BCUT2D eigenvalue weighted by Crippen LogP contribution is 2.41. The summed E-state index contributed by atoms with van der Waals surface area (Å²) in [6.07, 6.45) is 2.62. The Hall–Kier alpha value is -1.17. The quantitative estimate of drug-likeness (QED) is 0.794. The maximum absolute atomic E-state index is 5.93. The van der Waals surface area contributed by atoms with Gasteiger partial charge >= 0.3 is 0 Å². The number of benzene rings is 2. The zero-order chi connectivity index (χ0) is 14.2. The van der Waals surface area contributed by atoms with Crippen LogP contribution in [0.1, 0.15) is 12.8 Å². The molecule has 0 radical (unpaired) electrons. The predicted molar refractivity (Wildman–Crippen MR) is 90.0 cm³/mol. The summed E-state index contributed by atoms with van der Waals surface area (Å²) in [6.45, 7) is 0.926. The Morgan fingerprint density at radius 2 is 1.86 bits per heavy atom. The van der Waals surface area contributed by atoms with Gasteiger partial charge in [-0.2, -0.15) is 0 Å². The summed E-state index contributed by atoms with van der Waals surface area (Å²) in [5, 5.41) is 0. The molecule has 4 rings (SSSR count). The van der Waals surface area contributed by atoms with Crippen LogP contribution in [0.3, 0.4) is 0 Å². The molecule has 1 N–H and O–H groups in total. The van der Waals surface area contributed by atoms with Gasteiger partial charge in [-0.25, -0.2) is 4.72 Å². The summed E-state index contributed by atoms with van der Waals surface area (Å²) < 4.78 is 10.4.